The lowest BCUT2D eigenvalue weighted by atomic mass is 9.70. The minimum absolute atomic E-state index is 0.0978. The number of cyclic esters (lactones) is 1. The number of hydrogen-bond donors (Lipinski definition) is 3. The smallest absolute Gasteiger partial charge is 0.320 e. The first-order valence-electron chi connectivity index (χ1n) is 28.4. The van der Waals surface area contributed by atoms with Gasteiger partial charge in [-0.1, -0.05) is 64.7 Å². The number of aliphatic hydroxyl groups is 2. The Labute approximate surface area is 493 Å². The molecule has 4 saturated heterocycles. The van der Waals surface area contributed by atoms with Crippen molar-refractivity contribution in [3.63, 3.8) is 0 Å². The van der Waals surface area contributed by atoms with E-state index in [1.807, 2.05) is 41.7 Å². The Morgan fingerprint density at radius 1 is 0.914 bits per heavy atom. The van der Waals surface area contributed by atoms with Crippen LogP contribution in [0.4, 0.5) is 5.69 Å². The number of rotatable bonds is 19. The number of nitrogens with one attached hydrogen (secondary N) is 1. The highest BCUT2D eigenvalue weighted by Gasteiger charge is 2.62. The van der Waals surface area contributed by atoms with Crippen molar-refractivity contribution >= 4 is 64.3 Å². The van der Waals surface area contributed by atoms with Gasteiger partial charge in [0.15, 0.2) is 29.7 Å². The van der Waals surface area contributed by atoms with Crippen LogP contribution in [0.15, 0.2) is 30.6 Å². The topological polar surface area (TPSA) is 229 Å². The molecule has 4 fully saturated rings. The van der Waals surface area contributed by atoms with Gasteiger partial charge in [-0.25, -0.2) is 0 Å². The average Bonchev–Trinajstić information content (AvgIpc) is 4.00. The van der Waals surface area contributed by atoms with Gasteiger partial charge in [-0.3, -0.25) is 24.2 Å². The molecule has 2 aromatic rings. The van der Waals surface area contributed by atoms with Crippen LogP contribution in [0, 0.1) is 35.5 Å². The van der Waals surface area contributed by atoms with Gasteiger partial charge in [-0.15, -0.1) is 11.8 Å². The van der Waals surface area contributed by atoms with Crippen molar-refractivity contribution in [2.75, 3.05) is 52.6 Å². The number of hydrogen-bond acceptors (Lipinski definition) is 19. The third-order valence-electron chi connectivity index (χ3n) is 17.2. The molecule has 4 aliphatic rings. The Balaban J connectivity index is 1.32. The molecule has 19 nitrogen and oxygen atoms in total. The number of halogens is 2. The Kier molecular flexibility index (Phi) is 23.3. The van der Waals surface area contributed by atoms with Gasteiger partial charge in [0.25, 0.3) is 5.91 Å². The van der Waals surface area contributed by atoms with Crippen molar-refractivity contribution in [2.45, 2.75) is 199 Å². The molecule has 22 heteroatoms. The molecule has 0 spiro atoms. The van der Waals surface area contributed by atoms with Gasteiger partial charge in [0, 0.05) is 74.9 Å². The summed E-state index contributed by atoms with van der Waals surface area (Å²) in [6.45, 7) is 23.2. The molecule has 0 saturated carbocycles. The highest BCUT2D eigenvalue weighted by molar-refractivity contribution is 8.00. The first kappa shape index (κ1) is 66.8. The number of aliphatic hydroxyl groups excluding tert-OH is 2. The van der Waals surface area contributed by atoms with E-state index in [0.717, 1.165) is 6.54 Å². The number of fused-ring (bicyclic) bond motifs is 1. The van der Waals surface area contributed by atoms with Gasteiger partial charge in [0.05, 0.1) is 71.0 Å². The summed E-state index contributed by atoms with van der Waals surface area (Å²) >= 11 is 13.8. The maximum atomic E-state index is 15.3. The Hall–Kier alpha value is -3.38. The number of carbonyl (C=O) groups excluding carboxylic acids is 4. The molecular weight excluding hydrogens is 1110 g/mol. The SMILES string of the molecule is CC[C@H]1OC(=O)[C@H](C)[C@@H](O[C@H]2C[C@@](C)(OC)[C@@H](O)[C@H](C)O2)[C@H](C)[C@@H](O[C@@H]2O[C@H](C)C[C@H](N(C)CC(C)C)[C@H]2O)[C@](C)(OC)C[C@@H](C)C(=O)[C@H](C)[C@H]2[C@H](SCCCOc3cc(C(=O)Nc4c(Cl)cncc4Cl)ccc3OC)C(=O)O[C@@]21C. The predicted molar refractivity (Wildman–Crippen MR) is 308 cm³/mol. The van der Waals surface area contributed by atoms with Gasteiger partial charge < -0.3 is 67.8 Å². The fourth-order valence-electron chi connectivity index (χ4n) is 12.6. The van der Waals surface area contributed by atoms with Crippen molar-refractivity contribution in [3.05, 3.63) is 46.2 Å². The van der Waals surface area contributed by atoms with E-state index in [2.05, 4.69) is 29.0 Å². The molecule has 0 unspecified atom stereocenters. The number of pyridine rings is 1. The number of esters is 2. The largest absolute Gasteiger partial charge is 0.493 e. The van der Waals surface area contributed by atoms with Gasteiger partial charge in [0.1, 0.15) is 29.3 Å². The second kappa shape index (κ2) is 28.2. The van der Waals surface area contributed by atoms with Crippen molar-refractivity contribution in [1.29, 1.82) is 0 Å². The molecule has 0 aliphatic carbocycles. The van der Waals surface area contributed by atoms with Crippen molar-refractivity contribution in [3.8, 4) is 11.5 Å². The zero-order valence-corrected chi connectivity index (χ0v) is 52.4. The lowest BCUT2D eigenvalue weighted by molar-refractivity contribution is -0.319. The highest BCUT2D eigenvalue weighted by Crippen LogP contribution is 2.50. The zero-order valence-electron chi connectivity index (χ0n) is 50.0. The summed E-state index contributed by atoms with van der Waals surface area (Å²) in [5.74, 6) is -4.58. The van der Waals surface area contributed by atoms with Crippen LogP contribution < -0.4 is 14.8 Å². The molecule has 0 bridgehead atoms. The van der Waals surface area contributed by atoms with Crippen molar-refractivity contribution < 1.29 is 76.8 Å². The molecular formula is C59H89Cl2N3O16S. The number of thioether (sulfide) groups is 1. The van der Waals surface area contributed by atoms with E-state index in [4.69, 9.17) is 70.6 Å². The average molecular weight is 1200 g/mol. The summed E-state index contributed by atoms with van der Waals surface area (Å²) in [5, 5.41) is 25.6. The third kappa shape index (κ3) is 15.0. The van der Waals surface area contributed by atoms with E-state index in [-0.39, 0.29) is 65.1 Å². The van der Waals surface area contributed by atoms with Crippen molar-refractivity contribution in [2.24, 2.45) is 35.5 Å². The number of nitrogens with zero attached hydrogens (tertiary/aromatic N) is 2. The minimum Gasteiger partial charge on any atom is -0.493 e. The zero-order chi connectivity index (χ0) is 60.1. The molecule has 19 atom stereocenters. The fraction of sp³-hybridized carbons (Fsp3) is 0.746. The Morgan fingerprint density at radius 3 is 2.20 bits per heavy atom. The van der Waals surface area contributed by atoms with E-state index < -0.39 is 119 Å². The van der Waals surface area contributed by atoms with Crippen LogP contribution in [0.1, 0.15) is 126 Å². The number of ketones is 1. The Morgan fingerprint density at radius 2 is 1.58 bits per heavy atom. The van der Waals surface area contributed by atoms with Crippen molar-refractivity contribution in [1.82, 2.24) is 9.88 Å². The van der Waals surface area contributed by atoms with Crippen LogP contribution in [0.25, 0.3) is 0 Å². The molecule has 6 rings (SSSR count). The summed E-state index contributed by atoms with van der Waals surface area (Å²) in [6, 6.07) is 4.41. The second-order valence-corrected chi connectivity index (χ2v) is 25.8. The van der Waals surface area contributed by atoms with Gasteiger partial charge in [-0.2, -0.15) is 0 Å². The second-order valence-electron chi connectivity index (χ2n) is 23.8. The molecule has 1 amide bonds. The molecule has 4 aliphatic heterocycles. The van der Waals surface area contributed by atoms with Crippen LogP contribution in [0.5, 0.6) is 11.5 Å². The number of Topliss-reactive ketones (excluding diaryl/α,β-unsaturated/α-hetero) is 1. The monoisotopic (exact) mass is 1200 g/mol. The quantitative estimate of drug-likeness (QED) is 0.0881. The standard InChI is InChI=1S/C59H89Cl2N3O16S/c1-17-43-59(12)45(50(55(70)80-59)81-22-18-21-74-42-24-37(19-20-41(42)71-14)53(68)63-46-38(60)27-62-28-39(46)61)33(6)47(65)31(4)25-58(11,73-16)52(79-56-48(66)40(23-32(5)75-56)64(13)29-30(2)3)34(7)49(35(8)54(69)77-43)78-44-26-57(10,72-15)51(67)36(9)76-44/h19-20,24,27-28,30-36,40,43-45,48-52,56,66-67H,17-18,21-23,25-26,29H2,1-16H3,(H,62,63,68)/t31-,32-,33-,34+,35-,36+,40+,43-,44+,45+,48-,49+,50+,51+,52-,56+,57-,58-,59-/m1/s1. The highest BCUT2D eigenvalue weighted by atomic mass is 35.5. The minimum atomic E-state index is -1.46. The first-order valence-corrected chi connectivity index (χ1v) is 30.2. The summed E-state index contributed by atoms with van der Waals surface area (Å²) in [5.41, 5.74) is -3.40. The number of anilines is 1. The normalized spacial score (nSPS) is 37.1. The fourth-order valence-corrected chi connectivity index (χ4v) is 14.5. The predicted octanol–water partition coefficient (Wildman–Crippen LogP) is 8.82. The Bertz CT molecular complexity index is 2460. The third-order valence-corrected chi connectivity index (χ3v) is 19.1. The molecule has 1 aromatic heterocycles. The van der Waals surface area contributed by atoms with E-state index in [0.29, 0.717) is 36.0 Å². The maximum absolute atomic E-state index is 15.3. The number of likely N-dealkylation sites (N-methyl/N-ethyl adjacent to an activating group) is 1. The van der Waals surface area contributed by atoms with E-state index in [9.17, 15) is 19.8 Å². The number of benzene rings is 1. The van der Waals surface area contributed by atoms with Crippen LogP contribution in [0.2, 0.25) is 10.0 Å². The van der Waals surface area contributed by atoms with Crippen LogP contribution in [-0.4, -0.2) is 174 Å². The summed E-state index contributed by atoms with van der Waals surface area (Å²) in [4.78, 5) is 64.3. The molecule has 1 aromatic carbocycles. The molecule has 5 heterocycles. The summed E-state index contributed by atoms with van der Waals surface area (Å²) in [6.07, 6.45) is -4.22. The van der Waals surface area contributed by atoms with Gasteiger partial charge >= 0.3 is 11.9 Å². The number of aromatic nitrogens is 1. The van der Waals surface area contributed by atoms with E-state index in [1.165, 1.54) is 38.4 Å². The van der Waals surface area contributed by atoms with Crippen LogP contribution >= 0.6 is 35.0 Å². The number of ether oxygens (including phenoxy) is 10. The lowest BCUT2D eigenvalue weighted by Crippen LogP contribution is -2.61. The van der Waals surface area contributed by atoms with Crippen LogP contribution in [0.3, 0.4) is 0 Å². The first-order chi connectivity index (χ1) is 38.1. The number of methoxy groups -OCH3 is 3. The molecule has 81 heavy (non-hydrogen) atoms. The van der Waals surface area contributed by atoms with Gasteiger partial charge in [-0.05, 0) is 104 Å². The number of carbonyl (C=O) groups is 4. The van der Waals surface area contributed by atoms with Crippen LogP contribution in [-0.2, 0) is 52.3 Å². The summed E-state index contributed by atoms with van der Waals surface area (Å²) < 4.78 is 64.0. The summed E-state index contributed by atoms with van der Waals surface area (Å²) in [7, 11) is 6.52. The van der Waals surface area contributed by atoms with Gasteiger partial charge in [0.2, 0.25) is 0 Å². The molecule has 0 radical (unpaired) electrons. The lowest BCUT2D eigenvalue weighted by Gasteiger charge is -2.50. The maximum Gasteiger partial charge on any atom is 0.320 e. The molecule has 3 N–H and O–H groups in total. The molecule has 456 valence electrons. The van der Waals surface area contributed by atoms with E-state index in [1.54, 1.807) is 59.9 Å². The van der Waals surface area contributed by atoms with E-state index >= 15 is 9.59 Å². The number of amides is 1.